The van der Waals surface area contributed by atoms with Crippen LogP contribution in [-0.4, -0.2) is 16.8 Å². The number of anilines is 1. The van der Waals surface area contributed by atoms with Gasteiger partial charge in [-0.3, -0.25) is 9.59 Å². The van der Waals surface area contributed by atoms with Gasteiger partial charge < -0.3 is 10.4 Å². The molecule has 5 heteroatoms. The number of amides is 1. The van der Waals surface area contributed by atoms with Gasteiger partial charge >= 0.3 is 0 Å². The van der Waals surface area contributed by atoms with Gasteiger partial charge in [-0.1, -0.05) is 52.3 Å². The van der Waals surface area contributed by atoms with Crippen molar-refractivity contribution in [3.05, 3.63) is 70.2 Å². The van der Waals surface area contributed by atoms with Crippen molar-refractivity contribution in [2.45, 2.75) is 6.92 Å². The molecule has 0 spiro atoms. The number of hydrogen-bond acceptors (Lipinski definition) is 3. The van der Waals surface area contributed by atoms with Crippen LogP contribution in [0.2, 0.25) is 0 Å². The largest absolute Gasteiger partial charge is 0.507 e. The number of nitrogens with one attached hydrogen (secondary N) is 1. The van der Waals surface area contributed by atoms with Gasteiger partial charge in [0.25, 0.3) is 5.91 Å². The van der Waals surface area contributed by atoms with Crippen molar-refractivity contribution in [3.8, 4) is 0 Å². The van der Waals surface area contributed by atoms with Gasteiger partial charge in [-0.05, 0) is 24.6 Å². The monoisotopic (exact) mass is 359 g/mol. The number of rotatable bonds is 4. The molecule has 0 unspecified atom stereocenters. The standard InChI is InChI=1S/C17H14BrNO3/c1-11-7-8-13(9-14(11)18)19-17(22)16(21)10-15(20)12-5-3-2-4-6-12/h2-10,20H,1H3,(H,19,22)/b15-10-. The first-order valence-electron chi connectivity index (χ1n) is 6.55. The van der Waals surface area contributed by atoms with Crippen molar-refractivity contribution in [2.24, 2.45) is 0 Å². The fourth-order valence-corrected chi connectivity index (χ4v) is 2.12. The first-order chi connectivity index (χ1) is 10.5. The lowest BCUT2D eigenvalue weighted by molar-refractivity contribution is -0.131. The molecule has 0 aromatic heterocycles. The summed E-state index contributed by atoms with van der Waals surface area (Å²) in [5, 5.41) is 12.3. The Kier molecular flexibility index (Phi) is 5.12. The minimum atomic E-state index is -0.821. The molecule has 2 rings (SSSR count). The first-order valence-corrected chi connectivity index (χ1v) is 7.34. The number of benzene rings is 2. The van der Waals surface area contributed by atoms with E-state index in [-0.39, 0.29) is 5.76 Å². The van der Waals surface area contributed by atoms with E-state index in [9.17, 15) is 14.7 Å². The highest BCUT2D eigenvalue weighted by atomic mass is 79.9. The quantitative estimate of drug-likeness (QED) is 0.494. The van der Waals surface area contributed by atoms with E-state index < -0.39 is 11.7 Å². The van der Waals surface area contributed by atoms with Crippen LogP contribution in [0.15, 0.2) is 59.1 Å². The summed E-state index contributed by atoms with van der Waals surface area (Å²) in [6, 6.07) is 13.8. The summed E-state index contributed by atoms with van der Waals surface area (Å²) in [5.74, 6) is -1.87. The normalized spacial score (nSPS) is 11.1. The SMILES string of the molecule is Cc1ccc(NC(=O)C(=O)/C=C(\O)c2ccccc2)cc1Br. The van der Waals surface area contributed by atoms with Gasteiger partial charge in [-0.2, -0.15) is 0 Å². The minimum Gasteiger partial charge on any atom is -0.507 e. The third-order valence-electron chi connectivity index (χ3n) is 2.99. The Hall–Kier alpha value is -2.40. The zero-order valence-corrected chi connectivity index (χ0v) is 13.4. The minimum absolute atomic E-state index is 0.245. The Morgan fingerprint density at radius 1 is 1.14 bits per heavy atom. The maximum absolute atomic E-state index is 11.8. The van der Waals surface area contributed by atoms with E-state index in [0.29, 0.717) is 11.3 Å². The van der Waals surface area contributed by atoms with Gasteiger partial charge in [0.05, 0.1) is 0 Å². The third-order valence-corrected chi connectivity index (χ3v) is 3.85. The number of hydrogen-bond donors (Lipinski definition) is 2. The molecule has 0 radical (unpaired) electrons. The molecule has 0 aliphatic rings. The average Bonchev–Trinajstić information content (AvgIpc) is 2.51. The highest BCUT2D eigenvalue weighted by Crippen LogP contribution is 2.20. The number of carbonyl (C=O) groups is 2. The third kappa shape index (κ3) is 4.05. The summed E-state index contributed by atoms with van der Waals surface area (Å²) in [6.45, 7) is 1.92. The fourth-order valence-electron chi connectivity index (χ4n) is 1.75. The van der Waals surface area contributed by atoms with E-state index in [0.717, 1.165) is 16.1 Å². The van der Waals surface area contributed by atoms with Crippen LogP contribution < -0.4 is 5.32 Å². The van der Waals surface area contributed by atoms with Gasteiger partial charge in [-0.25, -0.2) is 0 Å². The van der Waals surface area contributed by atoms with Crippen molar-refractivity contribution in [2.75, 3.05) is 5.32 Å². The molecule has 2 aromatic rings. The number of ketones is 1. The van der Waals surface area contributed by atoms with Gasteiger partial charge in [0.2, 0.25) is 5.78 Å². The lowest BCUT2D eigenvalue weighted by Gasteiger charge is -2.05. The highest BCUT2D eigenvalue weighted by Gasteiger charge is 2.13. The van der Waals surface area contributed by atoms with Crippen molar-refractivity contribution < 1.29 is 14.7 Å². The molecule has 0 aliphatic heterocycles. The summed E-state index contributed by atoms with van der Waals surface area (Å²) in [7, 11) is 0. The lowest BCUT2D eigenvalue weighted by Crippen LogP contribution is -2.21. The van der Waals surface area contributed by atoms with Gasteiger partial charge in [0.15, 0.2) is 0 Å². The van der Waals surface area contributed by atoms with E-state index in [2.05, 4.69) is 21.2 Å². The van der Waals surface area contributed by atoms with E-state index in [1.54, 1.807) is 42.5 Å². The van der Waals surface area contributed by atoms with Crippen LogP contribution in [-0.2, 0) is 9.59 Å². The first kappa shape index (κ1) is 16.0. The highest BCUT2D eigenvalue weighted by molar-refractivity contribution is 9.10. The summed E-state index contributed by atoms with van der Waals surface area (Å²) < 4.78 is 0.834. The number of aryl methyl sites for hydroxylation is 1. The van der Waals surface area contributed by atoms with Gasteiger partial charge in [-0.15, -0.1) is 0 Å². The van der Waals surface area contributed by atoms with Crippen molar-refractivity contribution in [1.82, 2.24) is 0 Å². The maximum Gasteiger partial charge on any atom is 0.296 e. The lowest BCUT2D eigenvalue weighted by atomic mass is 10.1. The Bertz CT molecular complexity index is 739. The molecule has 0 atom stereocenters. The molecule has 4 nitrogen and oxygen atoms in total. The van der Waals surface area contributed by atoms with Crippen LogP contribution in [0.5, 0.6) is 0 Å². The Morgan fingerprint density at radius 2 is 1.82 bits per heavy atom. The zero-order chi connectivity index (χ0) is 16.1. The molecule has 0 heterocycles. The van der Waals surface area contributed by atoms with E-state index in [1.165, 1.54) is 0 Å². The molecule has 0 fully saturated rings. The number of halogens is 1. The molecule has 0 saturated heterocycles. The summed E-state index contributed by atoms with van der Waals surface area (Å²) in [5.41, 5.74) is 2.00. The second-order valence-corrected chi connectivity index (χ2v) is 5.53. The second kappa shape index (κ2) is 7.04. The Labute approximate surface area is 136 Å². The summed E-state index contributed by atoms with van der Waals surface area (Å²) in [4.78, 5) is 23.7. The molecule has 112 valence electrons. The molecule has 0 bridgehead atoms. The average molecular weight is 360 g/mol. The topological polar surface area (TPSA) is 66.4 Å². The van der Waals surface area contributed by atoms with Crippen LogP contribution in [0.3, 0.4) is 0 Å². The second-order valence-electron chi connectivity index (χ2n) is 4.68. The maximum atomic E-state index is 11.8. The fraction of sp³-hybridized carbons (Fsp3) is 0.0588. The van der Waals surface area contributed by atoms with Crippen molar-refractivity contribution in [3.63, 3.8) is 0 Å². The Morgan fingerprint density at radius 3 is 2.45 bits per heavy atom. The van der Waals surface area contributed by atoms with Crippen LogP contribution in [0.1, 0.15) is 11.1 Å². The molecule has 1 amide bonds. The molecular formula is C17H14BrNO3. The summed E-state index contributed by atoms with van der Waals surface area (Å²) >= 11 is 3.36. The van der Waals surface area contributed by atoms with Crippen LogP contribution >= 0.6 is 15.9 Å². The van der Waals surface area contributed by atoms with Crippen molar-refractivity contribution in [1.29, 1.82) is 0 Å². The predicted molar refractivity (Wildman–Crippen MR) is 89.6 cm³/mol. The molecule has 22 heavy (non-hydrogen) atoms. The molecule has 0 aliphatic carbocycles. The predicted octanol–water partition coefficient (Wildman–Crippen LogP) is 3.86. The van der Waals surface area contributed by atoms with E-state index in [1.807, 2.05) is 13.0 Å². The van der Waals surface area contributed by atoms with E-state index in [4.69, 9.17) is 0 Å². The van der Waals surface area contributed by atoms with Crippen LogP contribution in [0, 0.1) is 6.92 Å². The van der Waals surface area contributed by atoms with Gasteiger partial charge in [0.1, 0.15) is 5.76 Å². The summed E-state index contributed by atoms with van der Waals surface area (Å²) in [6.07, 6.45) is 0.911. The van der Waals surface area contributed by atoms with Crippen molar-refractivity contribution >= 4 is 39.1 Å². The Balaban J connectivity index is 2.09. The van der Waals surface area contributed by atoms with E-state index >= 15 is 0 Å². The zero-order valence-electron chi connectivity index (χ0n) is 11.8. The van der Waals surface area contributed by atoms with Crippen LogP contribution in [0.25, 0.3) is 5.76 Å². The molecule has 2 aromatic carbocycles. The smallest absolute Gasteiger partial charge is 0.296 e. The number of aliphatic hydroxyl groups is 1. The molecule has 2 N–H and O–H groups in total. The number of aliphatic hydroxyl groups excluding tert-OH is 1. The molecular weight excluding hydrogens is 346 g/mol. The van der Waals surface area contributed by atoms with Crippen LogP contribution in [0.4, 0.5) is 5.69 Å². The number of carbonyl (C=O) groups excluding carboxylic acids is 2. The van der Waals surface area contributed by atoms with Gasteiger partial charge in [0, 0.05) is 21.8 Å². The molecule has 0 saturated carbocycles.